The lowest BCUT2D eigenvalue weighted by atomic mass is 10.1. The van der Waals surface area contributed by atoms with Crippen LogP contribution in [0.25, 0.3) is 0 Å². The van der Waals surface area contributed by atoms with Crippen LogP contribution in [0.2, 0.25) is 0 Å². The maximum Gasteiger partial charge on any atom is 0.416 e. The summed E-state index contributed by atoms with van der Waals surface area (Å²) in [6, 6.07) is 4.73. The van der Waals surface area contributed by atoms with Crippen LogP contribution in [0.3, 0.4) is 0 Å². The first-order valence-corrected chi connectivity index (χ1v) is 6.13. The van der Waals surface area contributed by atoms with Crippen molar-refractivity contribution >= 4 is 5.69 Å². The van der Waals surface area contributed by atoms with Gasteiger partial charge in [-0.2, -0.15) is 18.4 Å². The first kappa shape index (κ1) is 15.9. The van der Waals surface area contributed by atoms with E-state index in [0.717, 1.165) is 12.1 Å². The maximum absolute atomic E-state index is 12.6. The number of hydrogen-bond donors (Lipinski definition) is 1. The lowest BCUT2D eigenvalue weighted by Gasteiger charge is -2.14. The Balaban J connectivity index is 3.08. The molecule has 1 aromatic carbocycles. The number of rotatable bonds is 5. The Morgan fingerprint density at radius 2 is 2.10 bits per heavy atom. The summed E-state index contributed by atoms with van der Waals surface area (Å²) in [4.78, 5) is 0. The van der Waals surface area contributed by atoms with E-state index in [9.17, 15) is 13.2 Å². The minimum absolute atomic E-state index is 0.0819. The average Bonchev–Trinajstić information content (AvgIpc) is 2.38. The highest BCUT2D eigenvalue weighted by Gasteiger charge is 2.31. The van der Waals surface area contributed by atoms with Gasteiger partial charge < -0.3 is 10.1 Å². The van der Waals surface area contributed by atoms with Gasteiger partial charge in [0.2, 0.25) is 0 Å². The highest BCUT2D eigenvalue weighted by molar-refractivity contribution is 5.61. The van der Waals surface area contributed by atoms with Gasteiger partial charge in [0.25, 0.3) is 0 Å². The molecule has 3 nitrogen and oxygen atoms in total. The summed E-state index contributed by atoms with van der Waals surface area (Å²) in [7, 11) is 0. The number of nitrogens with one attached hydrogen (secondary N) is 1. The van der Waals surface area contributed by atoms with Gasteiger partial charge in [0.15, 0.2) is 5.88 Å². The highest BCUT2D eigenvalue weighted by atomic mass is 19.4. The van der Waals surface area contributed by atoms with Crippen LogP contribution in [0.5, 0.6) is 0 Å². The van der Waals surface area contributed by atoms with Crippen molar-refractivity contribution < 1.29 is 17.9 Å². The summed E-state index contributed by atoms with van der Waals surface area (Å²) >= 11 is 0. The van der Waals surface area contributed by atoms with Gasteiger partial charge in [-0.1, -0.05) is 6.92 Å². The molecule has 1 aromatic rings. The molecule has 108 valence electrons. The second-order valence-electron chi connectivity index (χ2n) is 3.90. The number of alkyl halides is 3. The molecule has 20 heavy (non-hydrogen) atoms. The van der Waals surface area contributed by atoms with Gasteiger partial charge in [-0.05, 0) is 37.6 Å². The largest absolute Gasteiger partial charge is 0.479 e. The standard InChI is InChI=1S/C14H15F3N2O/c1-3-5-13(20-4-2)19-12-7-6-11(14(15,16)17)8-10(12)9-18/h5-8,19H,3-4H2,1-2H3/b13-5+. The van der Waals surface area contributed by atoms with Crippen molar-refractivity contribution in [1.82, 2.24) is 0 Å². The van der Waals surface area contributed by atoms with Crippen LogP contribution in [-0.4, -0.2) is 6.61 Å². The van der Waals surface area contributed by atoms with Gasteiger partial charge >= 0.3 is 6.18 Å². The molecule has 0 amide bonds. The number of nitrogens with zero attached hydrogens (tertiary/aromatic N) is 1. The molecule has 0 aliphatic heterocycles. The molecule has 1 N–H and O–H groups in total. The number of benzene rings is 1. The van der Waals surface area contributed by atoms with Crippen LogP contribution in [0, 0.1) is 11.3 Å². The van der Waals surface area contributed by atoms with Crippen molar-refractivity contribution in [2.45, 2.75) is 26.4 Å². The van der Waals surface area contributed by atoms with E-state index in [2.05, 4.69) is 5.32 Å². The normalized spacial score (nSPS) is 11.9. The Morgan fingerprint density at radius 1 is 1.40 bits per heavy atom. The summed E-state index contributed by atoms with van der Waals surface area (Å²) in [5.41, 5.74) is -0.646. The Morgan fingerprint density at radius 3 is 2.60 bits per heavy atom. The predicted octanol–water partition coefficient (Wildman–Crippen LogP) is 4.28. The number of halogens is 3. The van der Waals surface area contributed by atoms with Gasteiger partial charge in [-0.15, -0.1) is 0 Å². The van der Waals surface area contributed by atoms with Crippen molar-refractivity contribution in [3.8, 4) is 6.07 Å². The molecular formula is C14H15F3N2O. The summed E-state index contributed by atoms with van der Waals surface area (Å²) in [6.45, 7) is 4.11. The molecule has 0 atom stereocenters. The van der Waals surface area contributed by atoms with Crippen LogP contribution >= 0.6 is 0 Å². The van der Waals surface area contributed by atoms with Gasteiger partial charge in [0.1, 0.15) is 6.07 Å². The molecule has 0 aromatic heterocycles. The number of allylic oxidation sites excluding steroid dienone is 1. The first-order chi connectivity index (χ1) is 9.42. The highest BCUT2D eigenvalue weighted by Crippen LogP contribution is 2.32. The fourth-order valence-electron chi connectivity index (χ4n) is 1.54. The fourth-order valence-corrected chi connectivity index (χ4v) is 1.54. The van der Waals surface area contributed by atoms with E-state index in [0.29, 0.717) is 18.9 Å². The van der Waals surface area contributed by atoms with E-state index in [4.69, 9.17) is 10.00 Å². The van der Waals surface area contributed by atoms with Crippen molar-refractivity contribution in [3.63, 3.8) is 0 Å². The third kappa shape index (κ3) is 4.19. The molecule has 0 saturated heterocycles. The smallest absolute Gasteiger partial charge is 0.416 e. The second kappa shape index (κ2) is 6.85. The maximum atomic E-state index is 12.6. The Kier molecular flexibility index (Phi) is 5.44. The van der Waals surface area contributed by atoms with Crippen LogP contribution in [0.4, 0.5) is 18.9 Å². The molecule has 0 aliphatic carbocycles. The van der Waals surface area contributed by atoms with Crippen molar-refractivity contribution in [2.24, 2.45) is 0 Å². The molecule has 0 fully saturated rings. The molecule has 0 spiro atoms. The van der Waals surface area contributed by atoms with E-state index in [1.165, 1.54) is 6.07 Å². The molecule has 0 bridgehead atoms. The Hall–Kier alpha value is -2.16. The zero-order valence-electron chi connectivity index (χ0n) is 11.2. The van der Waals surface area contributed by atoms with Crippen LogP contribution in [0.1, 0.15) is 31.4 Å². The average molecular weight is 284 g/mol. The molecule has 0 radical (unpaired) electrons. The number of nitriles is 1. The molecule has 0 aliphatic rings. The monoisotopic (exact) mass is 284 g/mol. The summed E-state index contributed by atoms with van der Waals surface area (Å²) in [5.74, 6) is 0.422. The van der Waals surface area contributed by atoms with Crippen molar-refractivity contribution in [2.75, 3.05) is 11.9 Å². The van der Waals surface area contributed by atoms with Crippen LogP contribution in [-0.2, 0) is 10.9 Å². The molecule has 0 heterocycles. The van der Waals surface area contributed by atoms with E-state index >= 15 is 0 Å². The predicted molar refractivity (Wildman–Crippen MR) is 69.8 cm³/mol. The quantitative estimate of drug-likeness (QED) is 0.821. The second-order valence-corrected chi connectivity index (χ2v) is 3.90. The van der Waals surface area contributed by atoms with Gasteiger partial charge in [-0.3, -0.25) is 0 Å². The van der Waals surface area contributed by atoms with E-state index < -0.39 is 11.7 Å². The van der Waals surface area contributed by atoms with Crippen LogP contribution in [0.15, 0.2) is 30.2 Å². The molecular weight excluding hydrogens is 269 g/mol. The zero-order valence-corrected chi connectivity index (χ0v) is 11.2. The SMILES string of the molecule is CC/C=C(\Nc1ccc(C(F)(F)F)cc1C#N)OCC. The van der Waals surface area contributed by atoms with Gasteiger partial charge in [0.05, 0.1) is 23.4 Å². The molecule has 0 unspecified atom stereocenters. The van der Waals surface area contributed by atoms with E-state index in [1.807, 2.05) is 6.92 Å². The van der Waals surface area contributed by atoms with E-state index in [1.54, 1.807) is 19.1 Å². The summed E-state index contributed by atoms with van der Waals surface area (Å²) < 4.78 is 43.0. The third-order valence-corrected chi connectivity index (χ3v) is 2.41. The third-order valence-electron chi connectivity index (χ3n) is 2.41. The lowest BCUT2D eigenvalue weighted by molar-refractivity contribution is -0.137. The fraction of sp³-hybridized carbons (Fsp3) is 0.357. The van der Waals surface area contributed by atoms with Crippen molar-refractivity contribution in [3.05, 3.63) is 41.3 Å². The van der Waals surface area contributed by atoms with Gasteiger partial charge in [0, 0.05) is 0 Å². The van der Waals surface area contributed by atoms with Crippen LogP contribution < -0.4 is 5.32 Å². The topological polar surface area (TPSA) is 45.0 Å². The zero-order chi connectivity index (χ0) is 15.2. The van der Waals surface area contributed by atoms with Gasteiger partial charge in [-0.25, -0.2) is 0 Å². The Bertz CT molecular complexity index is 530. The Labute approximate surface area is 115 Å². The van der Waals surface area contributed by atoms with E-state index in [-0.39, 0.29) is 11.3 Å². The van der Waals surface area contributed by atoms with Crippen molar-refractivity contribution in [1.29, 1.82) is 5.26 Å². The molecule has 1 rings (SSSR count). The number of hydrogen-bond acceptors (Lipinski definition) is 3. The minimum atomic E-state index is -4.47. The minimum Gasteiger partial charge on any atom is -0.479 e. The first-order valence-electron chi connectivity index (χ1n) is 6.13. The molecule has 6 heteroatoms. The lowest BCUT2D eigenvalue weighted by Crippen LogP contribution is -2.08. The summed E-state index contributed by atoms with van der Waals surface area (Å²) in [5, 5.41) is 11.8. The number of ether oxygens (including phenoxy) is 1. The summed E-state index contributed by atoms with van der Waals surface area (Å²) in [6.07, 6.45) is -2.01. The number of anilines is 1. The molecule has 0 saturated carbocycles.